The standard InChI is InChI=1S/C13H10F2.C10H17F/c1-9-2-3-11(8-13(9)15)10-4-6-12(14)7-5-10;1-2-9-3-5-10(6-4-9)7-8-11/h2-8H,1H3;2,9-10H,1,3-8H2. The fraction of sp³-hybridized carbons (Fsp3) is 0.391. The SMILES string of the molecule is C=CC1CCC(CCF)CC1.Cc1ccc(-c2ccc(F)cc2)cc1F. The van der Waals surface area contributed by atoms with Crippen molar-refractivity contribution in [2.45, 2.75) is 39.0 Å². The fourth-order valence-corrected chi connectivity index (χ4v) is 3.28. The molecule has 1 aliphatic rings. The van der Waals surface area contributed by atoms with Gasteiger partial charge in [0.05, 0.1) is 6.67 Å². The van der Waals surface area contributed by atoms with Crippen LogP contribution < -0.4 is 0 Å². The minimum absolute atomic E-state index is 0.135. The second kappa shape index (κ2) is 10.2. The van der Waals surface area contributed by atoms with Crippen LogP contribution in [0.15, 0.2) is 55.1 Å². The topological polar surface area (TPSA) is 0 Å². The molecule has 0 bridgehead atoms. The van der Waals surface area contributed by atoms with Crippen LogP contribution in [0.25, 0.3) is 11.1 Å². The van der Waals surface area contributed by atoms with Crippen molar-refractivity contribution in [3.05, 3.63) is 72.3 Å². The molecule has 1 aliphatic carbocycles. The third kappa shape index (κ3) is 6.05. The number of allylic oxidation sites excluding steroid dienone is 1. The van der Waals surface area contributed by atoms with E-state index in [1.165, 1.54) is 43.9 Å². The van der Waals surface area contributed by atoms with Crippen LogP contribution in [-0.4, -0.2) is 6.67 Å². The Balaban J connectivity index is 0.000000197. The predicted molar refractivity (Wildman–Crippen MR) is 103 cm³/mol. The average Bonchev–Trinajstić information content (AvgIpc) is 2.66. The highest BCUT2D eigenvalue weighted by molar-refractivity contribution is 5.63. The molecule has 0 nitrogen and oxygen atoms in total. The molecule has 26 heavy (non-hydrogen) atoms. The summed E-state index contributed by atoms with van der Waals surface area (Å²) in [6.45, 7) is 5.36. The first kappa shape index (κ1) is 20.3. The lowest BCUT2D eigenvalue weighted by atomic mass is 9.81. The first-order valence-electron chi connectivity index (χ1n) is 9.24. The van der Waals surface area contributed by atoms with Crippen LogP contribution in [0.4, 0.5) is 13.2 Å². The summed E-state index contributed by atoms with van der Waals surface area (Å²) in [4.78, 5) is 0. The van der Waals surface area contributed by atoms with Crippen molar-refractivity contribution in [1.82, 2.24) is 0 Å². The Kier molecular flexibility index (Phi) is 7.96. The van der Waals surface area contributed by atoms with Gasteiger partial charge in [0.15, 0.2) is 0 Å². The maximum Gasteiger partial charge on any atom is 0.126 e. The molecule has 0 saturated heterocycles. The van der Waals surface area contributed by atoms with Crippen LogP contribution in [0.5, 0.6) is 0 Å². The molecule has 140 valence electrons. The summed E-state index contributed by atoms with van der Waals surface area (Å²) < 4.78 is 37.9. The maximum atomic E-state index is 13.3. The van der Waals surface area contributed by atoms with Crippen molar-refractivity contribution in [2.75, 3.05) is 6.67 Å². The van der Waals surface area contributed by atoms with Crippen molar-refractivity contribution >= 4 is 0 Å². The summed E-state index contributed by atoms with van der Waals surface area (Å²) in [6.07, 6.45) is 7.71. The Morgan fingerprint density at radius 3 is 2.12 bits per heavy atom. The van der Waals surface area contributed by atoms with Crippen LogP contribution >= 0.6 is 0 Å². The Morgan fingerprint density at radius 1 is 0.962 bits per heavy atom. The Hall–Kier alpha value is -2.03. The maximum absolute atomic E-state index is 13.3. The van der Waals surface area contributed by atoms with Crippen molar-refractivity contribution in [1.29, 1.82) is 0 Å². The van der Waals surface area contributed by atoms with Gasteiger partial charge in [0.1, 0.15) is 11.6 Å². The first-order chi connectivity index (χ1) is 12.5. The summed E-state index contributed by atoms with van der Waals surface area (Å²) in [5.41, 5.74) is 2.19. The molecule has 0 aliphatic heterocycles. The predicted octanol–water partition coefficient (Wildman–Crippen LogP) is 7.28. The number of aryl methyl sites for hydroxylation is 1. The molecule has 2 aromatic carbocycles. The van der Waals surface area contributed by atoms with Crippen molar-refractivity contribution in [2.24, 2.45) is 11.8 Å². The Labute approximate surface area is 154 Å². The lowest BCUT2D eigenvalue weighted by molar-refractivity contribution is 0.273. The van der Waals surface area contributed by atoms with Gasteiger partial charge in [0.2, 0.25) is 0 Å². The molecule has 0 amide bonds. The van der Waals surface area contributed by atoms with Gasteiger partial charge in [-0.3, -0.25) is 4.39 Å². The number of alkyl halides is 1. The summed E-state index contributed by atoms with van der Waals surface area (Å²) in [5.74, 6) is 0.852. The molecule has 1 saturated carbocycles. The van der Waals surface area contributed by atoms with E-state index in [1.54, 1.807) is 25.1 Å². The van der Waals surface area contributed by atoms with E-state index in [1.807, 2.05) is 12.1 Å². The van der Waals surface area contributed by atoms with E-state index < -0.39 is 0 Å². The highest BCUT2D eigenvalue weighted by Gasteiger charge is 2.18. The molecule has 3 heteroatoms. The van der Waals surface area contributed by atoms with Crippen molar-refractivity contribution < 1.29 is 13.2 Å². The van der Waals surface area contributed by atoms with Crippen molar-refractivity contribution in [3.63, 3.8) is 0 Å². The van der Waals surface area contributed by atoms with Gasteiger partial charge < -0.3 is 0 Å². The highest BCUT2D eigenvalue weighted by atomic mass is 19.1. The Bertz CT molecular complexity index is 683. The zero-order valence-corrected chi connectivity index (χ0v) is 15.4. The van der Waals surface area contributed by atoms with Gasteiger partial charge in [-0.1, -0.05) is 30.3 Å². The number of benzene rings is 2. The summed E-state index contributed by atoms with van der Waals surface area (Å²) in [7, 11) is 0. The second-order valence-electron chi connectivity index (χ2n) is 6.97. The summed E-state index contributed by atoms with van der Waals surface area (Å²) in [6, 6.07) is 11.0. The second-order valence-corrected chi connectivity index (χ2v) is 6.97. The molecular formula is C23H27F3. The molecule has 3 rings (SSSR count). The largest absolute Gasteiger partial charge is 0.251 e. The van der Waals surface area contributed by atoms with Crippen LogP contribution in [-0.2, 0) is 0 Å². The van der Waals surface area contributed by atoms with E-state index >= 15 is 0 Å². The third-order valence-electron chi connectivity index (χ3n) is 5.09. The molecule has 0 N–H and O–H groups in total. The molecule has 0 radical (unpaired) electrons. The van der Waals surface area contributed by atoms with Crippen LogP contribution in [0.3, 0.4) is 0 Å². The van der Waals surface area contributed by atoms with Gasteiger partial charge in [-0.2, -0.15) is 0 Å². The van der Waals surface area contributed by atoms with Gasteiger partial charge in [-0.25, -0.2) is 8.78 Å². The number of halogens is 3. The Morgan fingerprint density at radius 2 is 1.58 bits per heavy atom. The zero-order valence-electron chi connectivity index (χ0n) is 15.4. The first-order valence-corrected chi connectivity index (χ1v) is 9.24. The van der Waals surface area contributed by atoms with Crippen LogP contribution in [0.1, 0.15) is 37.7 Å². The summed E-state index contributed by atoms with van der Waals surface area (Å²) in [5, 5.41) is 0. The number of rotatable bonds is 4. The molecule has 0 spiro atoms. The molecule has 0 heterocycles. The van der Waals surface area contributed by atoms with Gasteiger partial charge >= 0.3 is 0 Å². The number of hydrogen-bond acceptors (Lipinski definition) is 0. The van der Waals surface area contributed by atoms with Gasteiger partial charge in [-0.15, -0.1) is 6.58 Å². The molecule has 0 aromatic heterocycles. The molecular weight excluding hydrogens is 333 g/mol. The van der Waals surface area contributed by atoms with Gasteiger partial charge in [0.25, 0.3) is 0 Å². The average molecular weight is 360 g/mol. The van der Waals surface area contributed by atoms with Crippen molar-refractivity contribution in [3.8, 4) is 11.1 Å². The fourth-order valence-electron chi connectivity index (χ4n) is 3.28. The van der Waals surface area contributed by atoms with E-state index in [-0.39, 0.29) is 18.3 Å². The lowest BCUT2D eigenvalue weighted by Crippen LogP contribution is -2.13. The molecule has 0 atom stereocenters. The third-order valence-corrected chi connectivity index (χ3v) is 5.09. The van der Waals surface area contributed by atoms with E-state index in [9.17, 15) is 13.2 Å². The number of hydrogen-bond donors (Lipinski definition) is 0. The molecule has 2 aromatic rings. The van der Waals surface area contributed by atoms with E-state index in [0.717, 1.165) is 17.5 Å². The van der Waals surface area contributed by atoms with Crippen LogP contribution in [0, 0.1) is 30.4 Å². The molecule has 0 unspecified atom stereocenters. The quantitative estimate of drug-likeness (QED) is 0.503. The smallest absolute Gasteiger partial charge is 0.126 e. The van der Waals surface area contributed by atoms with E-state index in [0.29, 0.717) is 17.4 Å². The normalized spacial score (nSPS) is 19.4. The van der Waals surface area contributed by atoms with E-state index in [4.69, 9.17) is 0 Å². The lowest BCUT2D eigenvalue weighted by Gasteiger charge is -2.25. The molecule has 1 fully saturated rings. The van der Waals surface area contributed by atoms with Crippen LogP contribution in [0.2, 0.25) is 0 Å². The monoisotopic (exact) mass is 360 g/mol. The zero-order chi connectivity index (χ0) is 18.9. The van der Waals surface area contributed by atoms with Gasteiger partial charge in [-0.05, 0) is 85.8 Å². The van der Waals surface area contributed by atoms with E-state index in [2.05, 4.69) is 6.58 Å². The minimum atomic E-state index is -0.286. The highest BCUT2D eigenvalue weighted by Crippen LogP contribution is 2.31. The summed E-state index contributed by atoms with van der Waals surface area (Å²) >= 11 is 0. The minimum Gasteiger partial charge on any atom is -0.251 e. The van der Waals surface area contributed by atoms with Gasteiger partial charge in [0, 0.05) is 0 Å².